The molecule has 2 aromatic heterocycles. The van der Waals surface area contributed by atoms with E-state index in [4.69, 9.17) is 23.2 Å². The lowest BCUT2D eigenvalue weighted by Gasteiger charge is -2.20. The van der Waals surface area contributed by atoms with E-state index in [1.165, 1.54) is 27.0 Å². The van der Waals surface area contributed by atoms with E-state index in [0.29, 0.717) is 44.4 Å². The molecule has 130 valence electrons. The average molecular weight is 426 g/mol. The van der Waals surface area contributed by atoms with Crippen LogP contribution in [0.15, 0.2) is 11.4 Å². The number of anilines is 1. The fourth-order valence-electron chi connectivity index (χ4n) is 2.56. The van der Waals surface area contributed by atoms with Crippen molar-refractivity contribution in [1.29, 1.82) is 0 Å². The van der Waals surface area contributed by atoms with Gasteiger partial charge in [-0.2, -0.15) is 4.31 Å². The van der Waals surface area contributed by atoms with Gasteiger partial charge in [-0.3, -0.25) is 4.79 Å². The summed E-state index contributed by atoms with van der Waals surface area (Å²) in [4.78, 5) is 16.7. The summed E-state index contributed by atoms with van der Waals surface area (Å²) in [5.74, 6) is -0.367. The highest BCUT2D eigenvalue weighted by Crippen LogP contribution is 2.39. The highest BCUT2D eigenvalue weighted by molar-refractivity contribution is 7.88. The number of nitrogens with one attached hydrogen (secondary N) is 1. The number of halogens is 2. The number of amides is 1. The van der Waals surface area contributed by atoms with Gasteiger partial charge in [-0.1, -0.05) is 23.2 Å². The first-order valence-electron chi connectivity index (χ1n) is 6.94. The zero-order valence-electron chi connectivity index (χ0n) is 12.5. The maximum atomic E-state index is 12.4. The van der Waals surface area contributed by atoms with Gasteiger partial charge in [0.2, 0.25) is 15.9 Å². The lowest BCUT2D eigenvalue weighted by molar-refractivity contribution is -0.119. The van der Waals surface area contributed by atoms with Crippen LogP contribution in [0.3, 0.4) is 0 Å². The Hall–Kier alpha value is -0.710. The summed E-state index contributed by atoms with van der Waals surface area (Å²) in [6.45, 7) is 0.364. The SMILES string of the molecule is CS(=O)(=O)N1CCC[C@H]1C(=O)Nc1nc(-c2cc(Cl)sc2Cl)cs1. The van der Waals surface area contributed by atoms with E-state index in [9.17, 15) is 13.2 Å². The fraction of sp³-hybridized carbons (Fsp3) is 0.385. The average Bonchev–Trinajstić information content (AvgIpc) is 3.17. The highest BCUT2D eigenvalue weighted by atomic mass is 35.5. The molecule has 0 bridgehead atoms. The van der Waals surface area contributed by atoms with Crippen LogP contribution in [0, 0.1) is 0 Å². The Morgan fingerprint density at radius 1 is 1.46 bits per heavy atom. The minimum absolute atomic E-state index is 0.364. The molecule has 0 unspecified atom stereocenters. The van der Waals surface area contributed by atoms with Crippen molar-refractivity contribution < 1.29 is 13.2 Å². The molecule has 0 radical (unpaired) electrons. The van der Waals surface area contributed by atoms with E-state index < -0.39 is 16.1 Å². The Kier molecular flexibility index (Phi) is 5.19. The third-order valence-electron chi connectivity index (χ3n) is 3.60. The van der Waals surface area contributed by atoms with Gasteiger partial charge in [0.25, 0.3) is 0 Å². The van der Waals surface area contributed by atoms with Crippen molar-refractivity contribution in [3.05, 3.63) is 20.1 Å². The van der Waals surface area contributed by atoms with E-state index in [1.54, 1.807) is 11.4 Å². The van der Waals surface area contributed by atoms with E-state index in [-0.39, 0.29) is 5.91 Å². The summed E-state index contributed by atoms with van der Waals surface area (Å²) in [5.41, 5.74) is 1.33. The fourth-order valence-corrected chi connectivity index (χ4v) is 5.88. The van der Waals surface area contributed by atoms with Crippen LogP contribution in [0.1, 0.15) is 12.8 Å². The molecule has 2 aromatic rings. The molecule has 0 spiro atoms. The minimum Gasteiger partial charge on any atom is -0.301 e. The van der Waals surface area contributed by atoms with Crippen molar-refractivity contribution in [3.63, 3.8) is 0 Å². The summed E-state index contributed by atoms with van der Waals surface area (Å²) >= 11 is 14.5. The molecular formula is C13H13Cl2N3O3S3. The highest BCUT2D eigenvalue weighted by Gasteiger charge is 2.36. The molecule has 3 rings (SSSR count). The van der Waals surface area contributed by atoms with E-state index in [0.717, 1.165) is 6.26 Å². The predicted molar refractivity (Wildman–Crippen MR) is 98.6 cm³/mol. The second kappa shape index (κ2) is 6.89. The van der Waals surface area contributed by atoms with Gasteiger partial charge in [0.05, 0.1) is 16.3 Å². The standard InChI is InChI=1S/C13H13Cl2N3O3S3/c1-24(20,21)18-4-2-3-9(18)12(19)17-13-16-8(6-22-13)7-5-10(14)23-11(7)15/h5-6,9H,2-4H2,1H3,(H,16,17,19)/t9-/m0/s1. The molecule has 6 nitrogen and oxygen atoms in total. The zero-order chi connectivity index (χ0) is 17.5. The Morgan fingerprint density at radius 3 is 2.83 bits per heavy atom. The second-order valence-electron chi connectivity index (χ2n) is 5.30. The first kappa shape index (κ1) is 18.1. The molecule has 1 atom stereocenters. The normalized spacial score (nSPS) is 18.9. The van der Waals surface area contributed by atoms with Crippen LogP contribution < -0.4 is 5.32 Å². The molecule has 24 heavy (non-hydrogen) atoms. The van der Waals surface area contributed by atoms with Gasteiger partial charge in [-0.25, -0.2) is 13.4 Å². The molecule has 1 fully saturated rings. The molecule has 0 aromatic carbocycles. The number of thiazole rings is 1. The maximum Gasteiger partial charge on any atom is 0.244 e. The largest absolute Gasteiger partial charge is 0.301 e. The van der Waals surface area contributed by atoms with Crippen LogP contribution >= 0.6 is 45.9 Å². The van der Waals surface area contributed by atoms with Gasteiger partial charge < -0.3 is 5.32 Å². The van der Waals surface area contributed by atoms with Gasteiger partial charge >= 0.3 is 0 Å². The number of sulfonamides is 1. The Morgan fingerprint density at radius 2 is 2.21 bits per heavy atom. The number of nitrogens with zero attached hydrogens (tertiary/aromatic N) is 2. The summed E-state index contributed by atoms with van der Waals surface area (Å²) in [7, 11) is -3.40. The van der Waals surface area contributed by atoms with Gasteiger partial charge in [-0.05, 0) is 18.9 Å². The number of rotatable bonds is 4. The topological polar surface area (TPSA) is 79.4 Å². The lowest BCUT2D eigenvalue weighted by atomic mass is 10.2. The number of aromatic nitrogens is 1. The molecule has 1 N–H and O–H groups in total. The molecular weight excluding hydrogens is 413 g/mol. The van der Waals surface area contributed by atoms with E-state index in [2.05, 4.69) is 10.3 Å². The number of hydrogen-bond acceptors (Lipinski definition) is 6. The van der Waals surface area contributed by atoms with Crippen molar-refractivity contribution in [2.24, 2.45) is 0 Å². The third kappa shape index (κ3) is 3.76. The van der Waals surface area contributed by atoms with Crippen molar-refractivity contribution in [2.45, 2.75) is 18.9 Å². The van der Waals surface area contributed by atoms with Crippen LogP contribution in [-0.2, 0) is 14.8 Å². The lowest BCUT2D eigenvalue weighted by Crippen LogP contribution is -2.42. The van der Waals surface area contributed by atoms with Crippen molar-refractivity contribution in [2.75, 3.05) is 18.1 Å². The van der Waals surface area contributed by atoms with E-state index >= 15 is 0 Å². The predicted octanol–water partition coefficient (Wildman–Crippen LogP) is 3.54. The van der Waals surface area contributed by atoms with Crippen LogP contribution in [0.5, 0.6) is 0 Å². The van der Waals surface area contributed by atoms with E-state index in [1.807, 2.05) is 0 Å². The first-order valence-corrected chi connectivity index (χ1v) is 11.2. The molecule has 1 aliphatic heterocycles. The molecule has 1 amide bonds. The van der Waals surface area contributed by atoms with Crippen molar-refractivity contribution >= 4 is 66.9 Å². The summed E-state index contributed by atoms with van der Waals surface area (Å²) in [6.07, 6.45) is 2.28. The zero-order valence-corrected chi connectivity index (χ0v) is 16.4. The Balaban J connectivity index is 1.75. The van der Waals surface area contributed by atoms with Crippen LogP contribution in [0.2, 0.25) is 8.67 Å². The maximum absolute atomic E-state index is 12.4. The Labute approximate surface area is 157 Å². The molecule has 3 heterocycles. The number of carbonyl (C=O) groups excluding carboxylic acids is 1. The summed E-state index contributed by atoms with van der Waals surface area (Å²) in [6, 6.07) is 1.03. The molecule has 11 heteroatoms. The second-order valence-corrected chi connectivity index (χ2v) is 10.4. The summed E-state index contributed by atoms with van der Waals surface area (Å²) < 4.78 is 25.8. The minimum atomic E-state index is -3.40. The monoisotopic (exact) mass is 425 g/mol. The number of hydrogen-bond donors (Lipinski definition) is 1. The van der Waals surface area contributed by atoms with Crippen LogP contribution in [0.25, 0.3) is 11.3 Å². The Bertz CT molecular complexity index is 878. The number of thiophene rings is 1. The van der Waals surface area contributed by atoms with Crippen molar-refractivity contribution in [3.8, 4) is 11.3 Å². The number of carbonyl (C=O) groups is 1. The molecule has 1 saturated heterocycles. The van der Waals surface area contributed by atoms with Gasteiger partial charge in [0, 0.05) is 17.5 Å². The summed E-state index contributed by atoms with van der Waals surface area (Å²) in [5, 5.41) is 4.86. The van der Waals surface area contributed by atoms with Gasteiger partial charge in [0.15, 0.2) is 5.13 Å². The van der Waals surface area contributed by atoms with Crippen molar-refractivity contribution in [1.82, 2.24) is 9.29 Å². The van der Waals surface area contributed by atoms with Gasteiger partial charge in [0.1, 0.15) is 10.4 Å². The van der Waals surface area contributed by atoms with Crippen LogP contribution in [-0.4, -0.2) is 42.5 Å². The molecule has 0 aliphatic carbocycles. The quantitative estimate of drug-likeness (QED) is 0.811. The van der Waals surface area contributed by atoms with Gasteiger partial charge in [-0.15, -0.1) is 22.7 Å². The first-order chi connectivity index (χ1) is 11.3. The molecule has 1 aliphatic rings. The third-order valence-corrected chi connectivity index (χ3v) is 7.13. The smallest absolute Gasteiger partial charge is 0.244 e. The van der Waals surface area contributed by atoms with Crippen LogP contribution in [0.4, 0.5) is 5.13 Å². The molecule has 0 saturated carbocycles.